The SMILES string of the molecule is C[C@@H](NC(=O)NC(C)(C)C)[C@H]1CCCN(C(=O)c2cnns2)C1. The van der Waals surface area contributed by atoms with Crippen molar-refractivity contribution in [3.05, 3.63) is 11.1 Å². The highest BCUT2D eigenvalue weighted by Gasteiger charge is 2.29. The molecule has 0 aliphatic carbocycles. The Morgan fingerprint density at radius 1 is 1.43 bits per heavy atom. The molecular weight excluding hydrogens is 314 g/mol. The van der Waals surface area contributed by atoms with Gasteiger partial charge in [0.15, 0.2) is 0 Å². The quantitative estimate of drug-likeness (QED) is 0.880. The molecule has 1 fully saturated rings. The Hall–Kier alpha value is -1.70. The molecule has 23 heavy (non-hydrogen) atoms. The summed E-state index contributed by atoms with van der Waals surface area (Å²) in [5.41, 5.74) is -0.266. The van der Waals surface area contributed by atoms with Gasteiger partial charge < -0.3 is 15.5 Å². The van der Waals surface area contributed by atoms with Crippen LogP contribution in [0.15, 0.2) is 6.20 Å². The van der Waals surface area contributed by atoms with E-state index in [0.717, 1.165) is 30.9 Å². The van der Waals surface area contributed by atoms with Gasteiger partial charge in [0, 0.05) is 24.7 Å². The van der Waals surface area contributed by atoms with E-state index < -0.39 is 0 Å². The Morgan fingerprint density at radius 3 is 2.78 bits per heavy atom. The second kappa shape index (κ2) is 7.25. The summed E-state index contributed by atoms with van der Waals surface area (Å²) in [5, 5.41) is 9.61. The Morgan fingerprint density at radius 2 is 2.17 bits per heavy atom. The van der Waals surface area contributed by atoms with E-state index in [-0.39, 0.29) is 29.4 Å². The standard InChI is InChI=1S/C15H25N5O2S/c1-10(17-14(22)18-15(2,3)4)11-6-5-7-20(9-11)13(21)12-8-16-19-23-12/h8,10-11H,5-7,9H2,1-4H3,(H2,17,18,22)/t10-,11+/m1/s1. The normalized spacial score (nSPS) is 20.0. The van der Waals surface area contributed by atoms with Crippen molar-refractivity contribution in [3.63, 3.8) is 0 Å². The molecule has 8 heteroatoms. The maximum Gasteiger partial charge on any atom is 0.315 e. The molecule has 1 aromatic heterocycles. The lowest BCUT2D eigenvalue weighted by atomic mass is 9.91. The van der Waals surface area contributed by atoms with E-state index in [1.54, 1.807) is 0 Å². The zero-order valence-electron chi connectivity index (χ0n) is 14.1. The fourth-order valence-electron chi connectivity index (χ4n) is 2.72. The highest BCUT2D eigenvalue weighted by molar-refractivity contribution is 7.07. The van der Waals surface area contributed by atoms with Crippen molar-refractivity contribution in [3.8, 4) is 0 Å². The average molecular weight is 339 g/mol. The van der Waals surface area contributed by atoms with Crippen LogP contribution in [0.3, 0.4) is 0 Å². The third kappa shape index (κ3) is 5.16. The van der Waals surface area contributed by atoms with Crippen LogP contribution in [0.4, 0.5) is 4.79 Å². The molecule has 2 atom stereocenters. The van der Waals surface area contributed by atoms with Gasteiger partial charge in [0.25, 0.3) is 5.91 Å². The molecule has 2 heterocycles. The largest absolute Gasteiger partial charge is 0.337 e. The molecule has 1 saturated heterocycles. The van der Waals surface area contributed by atoms with Gasteiger partial charge in [-0.1, -0.05) is 4.49 Å². The molecule has 3 amide bonds. The zero-order chi connectivity index (χ0) is 17.0. The Kier molecular flexibility index (Phi) is 5.56. The van der Waals surface area contributed by atoms with Crippen molar-refractivity contribution < 1.29 is 9.59 Å². The number of urea groups is 1. The first kappa shape index (κ1) is 17.7. The summed E-state index contributed by atoms with van der Waals surface area (Å²) in [6, 6.07) is -0.160. The summed E-state index contributed by atoms with van der Waals surface area (Å²) in [6.45, 7) is 9.22. The van der Waals surface area contributed by atoms with Gasteiger partial charge in [-0.3, -0.25) is 4.79 Å². The monoisotopic (exact) mass is 339 g/mol. The third-order valence-corrected chi connectivity index (χ3v) is 4.52. The first-order valence-corrected chi connectivity index (χ1v) is 8.69. The predicted molar refractivity (Wildman–Crippen MR) is 89.4 cm³/mol. The van der Waals surface area contributed by atoms with Crippen LogP contribution in [0.2, 0.25) is 0 Å². The number of aromatic nitrogens is 2. The molecule has 0 saturated carbocycles. The molecule has 2 N–H and O–H groups in total. The van der Waals surface area contributed by atoms with Crippen molar-refractivity contribution in [1.29, 1.82) is 0 Å². The van der Waals surface area contributed by atoms with E-state index in [4.69, 9.17) is 0 Å². The number of rotatable bonds is 3. The second-order valence-corrected chi connectivity index (χ2v) is 7.86. The summed E-state index contributed by atoms with van der Waals surface area (Å²) >= 11 is 1.12. The minimum absolute atomic E-state index is 0.00698. The molecule has 7 nitrogen and oxygen atoms in total. The fraction of sp³-hybridized carbons (Fsp3) is 0.733. The number of hydrogen-bond acceptors (Lipinski definition) is 5. The van der Waals surface area contributed by atoms with Crippen LogP contribution in [-0.2, 0) is 0 Å². The number of likely N-dealkylation sites (tertiary alicyclic amines) is 1. The minimum Gasteiger partial charge on any atom is -0.337 e. The fourth-order valence-corrected chi connectivity index (χ4v) is 3.20. The van der Waals surface area contributed by atoms with Crippen LogP contribution in [0.25, 0.3) is 0 Å². The van der Waals surface area contributed by atoms with E-state index in [1.165, 1.54) is 6.20 Å². The molecule has 0 bridgehead atoms. The smallest absolute Gasteiger partial charge is 0.315 e. The molecule has 2 rings (SSSR count). The summed E-state index contributed by atoms with van der Waals surface area (Å²) < 4.78 is 3.74. The van der Waals surface area contributed by atoms with Crippen LogP contribution >= 0.6 is 11.5 Å². The first-order chi connectivity index (χ1) is 10.8. The molecule has 0 unspecified atom stereocenters. The number of carbonyl (C=O) groups is 2. The maximum absolute atomic E-state index is 12.4. The molecule has 1 aromatic rings. The van der Waals surface area contributed by atoms with Gasteiger partial charge in [-0.25, -0.2) is 4.79 Å². The van der Waals surface area contributed by atoms with Crippen molar-refractivity contribution in [2.24, 2.45) is 5.92 Å². The Balaban J connectivity index is 1.90. The lowest BCUT2D eigenvalue weighted by Crippen LogP contribution is -2.53. The molecule has 0 radical (unpaired) electrons. The van der Waals surface area contributed by atoms with Gasteiger partial charge in [0.1, 0.15) is 4.88 Å². The molecule has 0 spiro atoms. The lowest BCUT2D eigenvalue weighted by molar-refractivity contribution is 0.0658. The van der Waals surface area contributed by atoms with Gasteiger partial charge in [0.05, 0.1) is 6.20 Å². The molecular formula is C15H25N5O2S. The molecule has 1 aliphatic rings. The van der Waals surface area contributed by atoms with Gasteiger partial charge >= 0.3 is 6.03 Å². The topological polar surface area (TPSA) is 87.2 Å². The summed E-state index contributed by atoms with van der Waals surface area (Å²) in [6.07, 6.45) is 3.45. The van der Waals surface area contributed by atoms with Crippen molar-refractivity contribution in [2.75, 3.05) is 13.1 Å². The number of hydrogen-bond donors (Lipinski definition) is 2. The number of carbonyl (C=O) groups excluding carboxylic acids is 2. The van der Waals surface area contributed by atoms with E-state index in [2.05, 4.69) is 20.2 Å². The van der Waals surface area contributed by atoms with Crippen molar-refractivity contribution in [2.45, 2.75) is 52.1 Å². The second-order valence-electron chi connectivity index (χ2n) is 7.07. The van der Waals surface area contributed by atoms with Gasteiger partial charge in [0.2, 0.25) is 0 Å². The predicted octanol–water partition coefficient (Wildman–Crippen LogP) is 1.88. The highest BCUT2D eigenvalue weighted by atomic mass is 32.1. The van der Waals surface area contributed by atoms with Crippen molar-refractivity contribution >= 4 is 23.5 Å². The van der Waals surface area contributed by atoms with E-state index in [0.29, 0.717) is 11.4 Å². The van der Waals surface area contributed by atoms with E-state index in [9.17, 15) is 9.59 Å². The van der Waals surface area contributed by atoms with E-state index >= 15 is 0 Å². The summed E-state index contributed by atoms with van der Waals surface area (Å²) in [5.74, 6) is 0.232. The van der Waals surface area contributed by atoms with Gasteiger partial charge in [-0.15, -0.1) is 5.10 Å². The number of piperidine rings is 1. The number of amides is 3. The zero-order valence-corrected chi connectivity index (χ0v) is 14.9. The van der Waals surface area contributed by atoms with Crippen LogP contribution in [0, 0.1) is 5.92 Å². The molecule has 1 aliphatic heterocycles. The average Bonchev–Trinajstić information content (AvgIpc) is 2.98. The number of nitrogens with zero attached hydrogens (tertiary/aromatic N) is 3. The summed E-state index contributed by atoms with van der Waals surface area (Å²) in [7, 11) is 0. The Labute approximate surface area is 141 Å². The third-order valence-electron chi connectivity index (χ3n) is 3.87. The maximum atomic E-state index is 12.4. The number of nitrogens with one attached hydrogen (secondary N) is 2. The van der Waals surface area contributed by atoms with Crippen molar-refractivity contribution in [1.82, 2.24) is 25.1 Å². The molecule has 0 aromatic carbocycles. The van der Waals surface area contributed by atoms with Crippen LogP contribution in [-0.4, -0.2) is 51.1 Å². The highest BCUT2D eigenvalue weighted by Crippen LogP contribution is 2.22. The molecule has 128 valence electrons. The lowest BCUT2D eigenvalue weighted by Gasteiger charge is -2.36. The minimum atomic E-state index is -0.266. The van der Waals surface area contributed by atoms with Gasteiger partial charge in [-0.2, -0.15) is 0 Å². The van der Waals surface area contributed by atoms with Crippen LogP contribution in [0.5, 0.6) is 0 Å². The Bertz CT molecular complexity index is 541. The van der Waals surface area contributed by atoms with Crippen LogP contribution < -0.4 is 10.6 Å². The van der Waals surface area contributed by atoms with Crippen LogP contribution in [0.1, 0.15) is 50.2 Å². The van der Waals surface area contributed by atoms with Gasteiger partial charge in [-0.05, 0) is 58.0 Å². The van der Waals surface area contributed by atoms with E-state index in [1.807, 2.05) is 32.6 Å². The summed E-state index contributed by atoms with van der Waals surface area (Å²) in [4.78, 5) is 26.8. The first-order valence-electron chi connectivity index (χ1n) is 7.91.